The minimum atomic E-state index is 0.655. The first kappa shape index (κ1) is 17.6. The molecule has 0 amide bonds. The summed E-state index contributed by atoms with van der Waals surface area (Å²) in [6.07, 6.45) is 0. The molecule has 0 radical (unpaired) electrons. The summed E-state index contributed by atoms with van der Waals surface area (Å²) in [5.74, 6) is 1.66. The van der Waals surface area contributed by atoms with E-state index in [1.165, 1.54) is 0 Å². The molecule has 1 heterocycles. The molecule has 0 spiro atoms. The smallest absolute Gasteiger partial charge is 0.139 e. The van der Waals surface area contributed by atoms with Crippen LogP contribution in [-0.4, -0.2) is 64.3 Å². The number of hydrogen-bond acceptors (Lipinski definition) is 5. The van der Waals surface area contributed by atoms with Gasteiger partial charge in [-0.1, -0.05) is 0 Å². The molecule has 0 atom stereocenters. The molecule has 3 aromatic rings. The highest BCUT2D eigenvalue weighted by molar-refractivity contribution is 6.05. The fourth-order valence-electron chi connectivity index (χ4n) is 2.61. The van der Waals surface area contributed by atoms with Crippen LogP contribution in [0.25, 0.3) is 21.9 Å². The second kappa shape index (κ2) is 7.76. The third-order valence-electron chi connectivity index (χ3n) is 4.03. The highest BCUT2D eigenvalue weighted by Crippen LogP contribution is 2.33. The van der Waals surface area contributed by atoms with Crippen molar-refractivity contribution < 1.29 is 13.9 Å². The van der Waals surface area contributed by atoms with Gasteiger partial charge in [0.2, 0.25) is 0 Å². The molecule has 2 aromatic carbocycles. The van der Waals surface area contributed by atoms with Crippen molar-refractivity contribution in [3.63, 3.8) is 0 Å². The molecule has 5 heteroatoms. The zero-order valence-electron chi connectivity index (χ0n) is 15.4. The van der Waals surface area contributed by atoms with Crippen LogP contribution in [-0.2, 0) is 0 Å². The molecule has 0 aliphatic carbocycles. The minimum Gasteiger partial charge on any atom is -0.492 e. The topological polar surface area (TPSA) is 38.1 Å². The molecule has 0 unspecified atom stereocenters. The quantitative estimate of drug-likeness (QED) is 0.627. The van der Waals surface area contributed by atoms with Gasteiger partial charge < -0.3 is 23.7 Å². The van der Waals surface area contributed by atoms with Crippen molar-refractivity contribution in [3.05, 3.63) is 36.4 Å². The molecule has 25 heavy (non-hydrogen) atoms. The van der Waals surface area contributed by atoms with Gasteiger partial charge in [0.1, 0.15) is 35.9 Å². The Hall–Kier alpha value is -2.24. The molecule has 0 fully saturated rings. The van der Waals surface area contributed by atoms with E-state index in [1.807, 2.05) is 52.5 Å². The number of benzene rings is 2. The first-order valence-corrected chi connectivity index (χ1v) is 8.54. The average molecular weight is 342 g/mol. The van der Waals surface area contributed by atoms with E-state index < -0.39 is 0 Å². The van der Waals surface area contributed by atoms with Gasteiger partial charge >= 0.3 is 0 Å². The summed E-state index contributed by atoms with van der Waals surface area (Å²) < 4.78 is 17.6. The van der Waals surface area contributed by atoms with E-state index in [0.29, 0.717) is 13.2 Å². The molecular weight excluding hydrogens is 316 g/mol. The lowest BCUT2D eigenvalue weighted by atomic mass is 10.1. The van der Waals surface area contributed by atoms with Gasteiger partial charge in [0.25, 0.3) is 0 Å². The van der Waals surface area contributed by atoms with Crippen LogP contribution < -0.4 is 9.47 Å². The number of rotatable bonds is 8. The first-order valence-electron chi connectivity index (χ1n) is 8.54. The lowest BCUT2D eigenvalue weighted by Gasteiger charge is -2.10. The predicted molar refractivity (Wildman–Crippen MR) is 102 cm³/mol. The molecule has 1 aromatic heterocycles. The number of likely N-dealkylation sites (N-methyl/N-ethyl adjacent to an activating group) is 2. The summed E-state index contributed by atoms with van der Waals surface area (Å²) in [5, 5.41) is 2.18. The van der Waals surface area contributed by atoms with Crippen LogP contribution in [0.2, 0.25) is 0 Å². The van der Waals surface area contributed by atoms with E-state index in [-0.39, 0.29) is 0 Å². The van der Waals surface area contributed by atoms with E-state index in [1.54, 1.807) is 0 Å². The van der Waals surface area contributed by atoms with Gasteiger partial charge in [-0.3, -0.25) is 0 Å². The maximum Gasteiger partial charge on any atom is 0.139 e. The van der Waals surface area contributed by atoms with Crippen molar-refractivity contribution >= 4 is 21.9 Å². The Morgan fingerprint density at radius 3 is 1.56 bits per heavy atom. The standard InChI is InChI=1S/C20H26N2O3/c1-21(2)9-11-23-15-5-7-17-18-8-6-16(24-12-10-22(3)4)14-20(18)25-19(17)13-15/h5-8,13-14H,9-12H2,1-4H3. The van der Waals surface area contributed by atoms with E-state index in [9.17, 15) is 0 Å². The van der Waals surface area contributed by atoms with Crippen LogP contribution in [0.3, 0.4) is 0 Å². The third-order valence-corrected chi connectivity index (χ3v) is 4.03. The van der Waals surface area contributed by atoms with Gasteiger partial charge in [0, 0.05) is 36.0 Å². The summed E-state index contributed by atoms with van der Waals surface area (Å²) in [6, 6.07) is 12.0. The lowest BCUT2D eigenvalue weighted by Crippen LogP contribution is -2.19. The van der Waals surface area contributed by atoms with Gasteiger partial charge in [-0.05, 0) is 52.5 Å². The number of nitrogens with zero attached hydrogens (tertiary/aromatic N) is 2. The highest BCUT2D eigenvalue weighted by Gasteiger charge is 2.09. The maximum absolute atomic E-state index is 6.01. The fraction of sp³-hybridized carbons (Fsp3) is 0.400. The van der Waals surface area contributed by atoms with Crippen LogP contribution in [0.15, 0.2) is 40.8 Å². The summed E-state index contributed by atoms with van der Waals surface area (Å²) in [6.45, 7) is 3.07. The van der Waals surface area contributed by atoms with Crippen molar-refractivity contribution in [1.29, 1.82) is 0 Å². The Labute approximate surface area is 148 Å². The monoisotopic (exact) mass is 342 g/mol. The summed E-state index contributed by atoms with van der Waals surface area (Å²) in [4.78, 5) is 4.19. The summed E-state index contributed by atoms with van der Waals surface area (Å²) in [7, 11) is 8.13. The second-order valence-corrected chi connectivity index (χ2v) is 6.72. The van der Waals surface area contributed by atoms with E-state index in [0.717, 1.165) is 46.5 Å². The Morgan fingerprint density at radius 1 is 0.720 bits per heavy atom. The normalized spacial score (nSPS) is 11.8. The average Bonchev–Trinajstić information content (AvgIpc) is 2.91. The highest BCUT2D eigenvalue weighted by atomic mass is 16.5. The molecule has 0 aliphatic rings. The zero-order chi connectivity index (χ0) is 17.8. The van der Waals surface area contributed by atoms with Crippen LogP contribution in [0.5, 0.6) is 11.5 Å². The molecule has 0 saturated carbocycles. The Balaban J connectivity index is 1.77. The molecule has 5 nitrogen and oxygen atoms in total. The van der Waals surface area contributed by atoms with Crippen LogP contribution in [0.1, 0.15) is 0 Å². The molecule has 134 valence electrons. The van der Waals surface area contributed by atoms with Gasteiger partial charge in [0.15, 0.2) is 0 Å². The van der Waals surface area contributed by atoms with Gasteiger partial charge in [-0.15, -0.1) is 0 Å². The Kier molecular flexibility index (Phi) is 5.46. The van der Waals surface area contributed by atoms with E-state index in [4.69, 9.17) is 13.9 Å². The fourth-order valence-corrected chi connectivity index (χ4v) is 2.61. The Bertz CT molecular complexity index is 771. The van der Waals surface area contributed by atoms with Crippen molar-refractivity contribution in [1.82, 2.24) is 9.80 Å². The van der Waals surface area contributed by atoms with Gasteiger partial charge in [-0.2, -0.15) is 0 Å². The van der Waals surface area contributed by atoms with Crippen molar-refractivity contribution in [3.8, 4) is 11.5 Å². The number of ether oxygens (including phenoxy) is 2. The minimum absolute atomic E-state index is 0.655. The van der Waals surface area contributed by atoms with Gasteiger partial charge in [0.05, 0.1) is 0 Å². The SMILES string of the molecule is CN(C)CCOc1ccc2c(c1)oc1cc(OCCN(C)C)ccc12. The second-order valence-electron chi connectivity index (χ2n) is 6.72. The summed E-state index contributed by atoms with van der Waals surface area (Å²) in [5.41, 5.74) is 1.67. The lowest BCUT2D eigenvalue weighted by molar-refractivity contribution is 0.261. The Morgan fingerprint density at radius 2 is 1.16 bits per heavy atom. The van der Waals surface area contributed by atoms with Crippen molar-refractivity contribution in [2.24, 2.45) is 0 Å². The predicted octanol–water partition coefficient (Wildman–Crippen LogP) is 3.47. The number of furan rings is 1. The van der Waals surface area contributed by atoms with Crippen LogP contribution in [0, 0.1) is 0 Å². The number of hydrogen-bond donors (Lipinski definition) is 0. The maximum atomic E-state index is 6.01. The molecular formula is C20H26N2O3. The molecule has 0 bridgehead atoms. The first-order chi connectivity index (χ1) is 12.0. The van der Waals surface area contributed by atoms with Crippen molar-refractivity contribution in [2.75, 3.05) is 54.5 Å². The van der Waals surface area contributed by atoms with E-state index >= 15 is 0 Å². The largest absolute Gasteiger partial charge is 0.492 e. The van der Waals surface area contributed by atoms with Crippen LogP contribution >= 0.6 is 0 Å². The molecule has 0 N–H and O–H groups in total. The van der Waals surface area contributed by atoms with Crippen molar-refractivity contribution in [2.45, 2.75) is 0 Å². The summed E-state index contributed by atoms with van der Waals surface area (Å²) >= 11 is 0. The molecule has 0 aliphatic heterocycles. The van der Waals surface area contributed by atoms with E-state index in [2.05, 4.69) is 21.9 Å². The third kappa shape index (κ3) is 4.44. The number of fused-ring (bicyclic) bond motifs is 3. The van der Waals surface area contributed by atoms with Gasteiger partial charge in [-0.25, -0.2) is 0 Å². The zero-order valence-corrected chi connectivity index (χ0v) is 15.4. The molecule has 0 saturated heterocycles. The molecule has 3 rings (SSSR count). The van der Waals surface area contributed by atoms with Crippen LogP contribution in [0.4, 0.5) is 0 Å².